The van der Waals surface area contributed by atoms with Gasteiger partial charge in [-0.1, -0.05) is 24.3 Å². The number of aromatic carboxylic acids is 1. The number of rotatable bonds is 6. The summed E-state index contributed by atoms with van der Waals surface area (Å²) in [7, 11) is 0. The number of aliphatic hydroxyl groups is 1. The first-order chi connectivity index (χ1) is 9.69. The molecule has 104 valence electrons. The molecule has 2 aromatic rings. The molecule has 0 radical (unpaired) electrons. The topological polar surface area (TPSA) is 66.8 Å². The lowest BCUT2D eigenvalue weighted by Crippen LogP contribution is -2.00. The van der Waals surface area contributed by atoms with E-state index < -0.39 is 5.97 Å². The Kier molecular flexibility index (Phi) is 4.74. The van der Waals surface area contributed by atoms with Crippen LogP contribution in [0.3, 0.4) is 0 Å². The first-order valence-corrected chi connectivity index (χ1v) is 6.34. The van der Waals surface area contributed by atoms with Gasteiger partial charge in [0.05, 0.1) is 5.56 Å². The van der Waals surface area contributed by atoms with E-state index in [1.807, 2.05) is 30.3 Å². The van der Waals surface area contributed by atoms with Crippen molar-refractivity contribution in [3.63, 3.8) is 0 Å². The summed E-state index contributed by atoms with van der Waals surface area (Å²) >= 11 is 0. The molecule has 0 aliphatic heterocycles. The summed E-state index contributed by atoms with van der Waals surface area (Å²) in [6, 6.07) is 14.2. The Morgan fingerprint density at radius 2 is 1.80 bits per heavy atom. The molecule has 0 amide bonds. The van der Waals surface area contributed by atoms with E-state index in [0.717, 1.165) is 11.1 Å². The van der Waals surface area contributed by atoms with Gasteiger partial charge in [-0.2, -0.15) is 0 Å². The smallest absolute Gasteiger partial charge is 0.335 e. The van der Waals surface area contributed by atoms with Gasteiger partial charge in [-0.3, -0.25) is 0 Å². The molecule has 2 rings (SSSR count). The number of hydrogen-bond donors (Lipinski definition) is 2. The number of hydrogen-bond acceptors (Lipinski definition) is 3. The molecule has 0 aliphatic rings. The lowest BCUT2D eigenvalue weighted by molar-refractivity contribution is 0.0696. The summed E-state index contributed by atoms with van der Waals surface area (Å²) in [5.41, 5.74) is 2.11. The van der Waals surface area contributed by atoms with Gasteiger partial charge in [0.15, 0.2) is 0 Å². The van der Waals surface area contributed by atoms with Gasteiger partial charge in [0.2, 0.25) is 0 Å². The largest absolute Gasteiger partial charge is 0.489 e. The summed E-state index contributed by atoms with van der Waals surface area (Å²) in [6.45, 7) is 0.447. The Morgan fingerprint density at radius 3 is 2.45 bits per heavy atom. The maximum absolute atomic E-state index is 10.9. The number of carbonyl (C=O) groups is 1. The van der Waals surface area contributed by atoms with Crippen LogP contribution in [0.2, 0.25) is 0 Å². The molecular formula is C16H16O4. The van der Waals surface area contributed by atoms with Gasteiger partial charge in [-0.05, 0) is 41.8 Å². The van der Waals surface area contributed by atoms with Crippen molar-refractivity contribution in [1.29, 1.82) is 0 Å². The molecule has 0 atom stereocenters. The average molecular weight is 272 g/mol. The van der Waals surface area contributed by atoms with Crippen molar-refractivity contribution in [3.05, 3.63) is 65.2 Å². The van der Waals surface area contributed by atoms with Gasteiger partial charge < -0.3 is 14.9 Å². The summed E-state index contributed by atoms with van der Waals surface area (Å²) in [5, 5.41) is 17.7. The molecule has 0 fully saturated rings. The van der Waals surface area contributed by atoms with E-state index >= 15 is 0 Å². The third-order valence-corrected chi connectivity index (χ3v) is 2.90. The molecule has 0 aromatic heterocycles. The van der Waals surface area contributed by atoms with Crippen LogP contribution >= 0.6 is 0 Å². The Bertz CT molecular complexity index is 575. The fourth-order valence-electron chi connectivity index (χ4n) is 1.84. The number of aliphatic hydroxyl groups excluding tert-OH is 1. The first kappa shape index (κ1) is 14.1. The van der Waals surface area contributed by atoms with Crippen LogP contribution in [0.15, 0.2) is 48.5 Å². The molecule has 0 unspecified atom stereocenters. The summed E-state index contributed by atoms with van der Waals surface area (Å²) in [5.74, 6) is -0.229. The molecule has 0 bridgehead atoms. The van der Waals surface area contributed by atoms with Gasteiger partial charge >= 0.3 is 5.97 Å². The molecule has 2 aromatic carbocycles. The van der Waals surface area contributed by atoms with E-state index in [4.69, 9.17) is 14.9 Å². The quantitative estimate of drug-likeness (QED) is 0.848. The highest BCUT2D eigenvalue weighted by molar-refractivity contribution is 5.87. The van der Waals surface area contributed by atoms with Gasteiger partial charge in [0.1, 0.15) is 12.4 Å². The lowest BCUT2D eigenvalue weighted by atomic mass is 10.1. The van der Waals surface area contributed by atoms with Crippen molar-refractivity contribution >= 4 is 5.97 Å². The highest BCUT2D eigenvalue weighted by Gasteiger charge is 2.03. The van der Waals surface area contributed by atoms with E-state index in [1.165, 1.54) is 0 Å². The minimum atomic E-state index is -0.944. The fourth-order valence-corrected chi connectivity index (χ4v) is 1.84. The third kappa shape index (κ3) is 3.83. The molecule has 20 heavy (non-hydrogen) atoms. The number of carboxylic acids is 1. The second-order valence-corrected chi connectivity index (χ2v) is 4.41. The van der Waals surface area contributed by atoms with Crippen LogP contribution < -0.4 is 4.74 Å². The molecule has 4 heteroatoms. The van der Waals surface area contributed by atoms with Crippen molar-refractivity contribution in [3.8, 4) is 5.75 Å². The van der Waals surface area contributed by atoms with E-state index in [-0.39, 0.29) is 12.2 Å². The Morgan fingerprint density at radius 1 is 1.05 bits per heavy atom. The summed E-state index contributed by atoms with van der Waals surface area (Å²) in [6.07, 6.45) is 0.626. The van der Waals surface area contributed by atoms with E-state index in [0.29, 0.717) is 18.8 Å². The molecule has 0 heterocycles. The Hall–Kier alpha value is -2.33. The number of ether oxygens (including phenoxy) is 1. The van der Waals surface area contributed by atoms with E-state index in [2.05, 4.69) is 0 Å². The second-order valence-electron chi connectivity index (χ2n) is 4.41. The average Bonchev–Trinajstić information content (AvgIpc) is 2.47. The lowest BCUT2D eigenvalue weighted by Gasteiger charge is -2.07. The number of benzene rings is 2. The minimum absolute atomic E-state index is 0.127. The molecule has 0 aliphatic carbocycles. The van der Waals surface area contributed by atoms with Crippen LogP contribution in [0.5, 0.6) is 5.75 Å². The SMILES string of the molecule is O=C(O)c1cccc(COc2ccc(CCO)cc2)c1. The molecular weight excluding hydrogens is 256 g/mol. The van der Waals surface area contributed by atoms with Gasteiger partial charge in [-0.15, -0.1) is 0 Å². The van der Waals surface area contributed by atoms with Crippen LogP contribution in [0.1, 0.15) is 21.5 Å². The zero-order valence-corrected chi connectivity index (χ0v) is 11.0. The molecule has 0 saturated carbocycles. The summed E-state index contributed by atoms with van der Waals surface area (Å²) in [4.78, 5) is 10.9. The highest BCUT2D eigenvalue weighted by atomic mass is 16.5. The normalized spacial score (nSPS) is 10.2. The minimum Gasteiger partial charge on any atom is -0.489 e. The van der Waals surface area contributed by atoms with Crippen molar-refractivity contribution < 1.29 is 19.7 Å². The van der Waals surface area contributed by atoms with Crippen molar-refractivity contribution in [2.75, 3.05) is 6.61 Å². The predicted octanol–water partition coefficient (Wildman–Crippen LogP) is 2.50. The van der Waals surface area contributed by atoms with Crippen molar-refractivity contribution in [2.24, 2.45) is 0 Å². The molecule has 0 saturated heterocycles. The number of carboxylic acid groups (broad SMARTS) is 1. The van der Waals surface area contributed by atoms with Crippen LogP contribution in [-0.2, 0) is 13.0 Å². The van der Waals surface area contributed by atoms with Gasteiger partial charge in [-0.25, -0.2) is 4.79 Å². The van der Waals surface area contributed by atoms with Crippen molar-refractivity contribution in [2.45, 2.75) is 13.0 Å². The van der Waals surface area contributed by atoms with Crippen LogP contribution in [0, 0.1) is 0 Å². The molecule has 4 nitrogen and oxygen atoms in total. The third-order valence-electron chi connectivity index (χ3n) is 2.90. The van der Waals surface area contributed by atoms with Gasteiger partial charge in [0.25, 0.3) is 0 Å². The van der Waals surface area contributed by atoms with Crippen LogP contribution in [0.4, 0.5) is 0 Å². The summed E-state index contributed by atoms with van der Waals surface area (Å²) < 4.78 is 5.60. The van der Waals surface area contributed by atoms with Crippen LogP contribution in [0.25, 0.3) is 0 Å². The van der Waals surface area contributed by atoms with Gasteiger partial charge in [0, 0.05) is 6.61 Å². The highest BCUT2D eigenvalue weighted by Crippen LogP contribution is 2.15. The fraction of sp³-hybridized carbons (Fsp3) is 0.188. The van der Waals surface area contributed by atoms with Crippen LogP contribution in [-0.4, -0.2) is 22.8 Å². The maximum atomic E-state index is 10.9. The van der Waals surface area contributed by atoms with E-state index in [9.17, 15) is 4.79 Å². The first-order valence-electron chi connectivity index (χ1n) is 6.34. The maximum Gasteiger partial charge on any atom is 0.335 e. The zero-order chi connectivity index (χ0) is 14.4. The Labute approximate surface area is 117 Å². The van der Waals surface area contributed by atoms with Crippen molar-refractivity contribution in [1.82, 2.24) is 0 Å². The standard InChI is InChI=1S/C16H16O4/c17-9-8-12-4-6-15(7-5-12)20-11-13-2-1-3-14(10-13)16(18)19/h1-7,10,17H,8-9,11H2,(H,18,19). The zero-order valence-electron chi connectivity index (χ0n) is 11.0. The Balaban J connectivity index is 1.97. The molecule has 2 N–H and O–H groups in total. The second kappa shape index (κ2) is 6.73. The predicted molar refractivity (Wildman–Crippen MR) is 75.0 cm³/mol. The monoisotopic (exact) mass is 272 g/mol. The molecule has 0 spiro atoms. The van der Waals surface area contributed by atoms with E-state index in [1.54, 1.807) is 18.2 Å².